The van der Waals surface area contributed by atoms with Crippen LogP contribution in [0.1, 0.15) is 24.8 Å². The first kappa shape index (κ1) is 10.9. The Labute approximate surface area is 93.3 Å². The van der Waals surface area contributed by atoms with Crippen LogP contribution in [0.4, 0.5) is 10.1 Å². The molecule has 1 aromatic rings. The van der Waals surface area contributed by atoms with Gasteiger partial charge in [-0.25, -0.2) is 9.18 Å². The minimum absolute atomic E-state index is 0.315. The average Bonchev–Trinajstić information content (AvgIpc) is 2.16. The molecule has 2 rings (SSSR count). The predicted molar refractivity (Wildman–Crippen MR) is 59.0 cm³/mol. The molecule has 2 N–H and O–H groups in total. The summed E-state index contributed by atoms with van der Waals surface area (Å²) >= 11 is 0. The van der Waals surface area contributed by atoms with E-state index < -0.39 is 11.5 Å². The second-order valence-electron chi connectivity index (χ2n) is 4.33. The van der Waals surface area contributed by atoms with Crippen molar-refractivity contribution in [3.8, 4) is 0 Å². The molecule has 1 aliphatic rings. The van der Waals surface area contributed by atoms with Crippen molar-refractivity contribution in [1.82, 2.24) is 0 Å². The van der Waals surface area contributed by atoms with Crippen molar-refractivity contribution in [3.63, 3.8) is 0 Å². The van der Waals surface area contributed by atoms with Crippen molar-refractivity contribution in [3.05, 3.63) is 29.6 Å². The van der Waals surface area contributed by atoms with Crippen LogP contribution in [-0.2, 0) is 4.79 Å². The van der Waals surface area contributed by atoms with Gasteiger partial charge in [0.15, 0.2) is 0 Å². The van der Waals surface area contributed by atoms with Crippen LogP contribution < -0.4 is 5.32 Å². The van der Waals surface area contributed by atoms with E-state index in [9.17, 15) is 9.18 Å². The molecular weight excluding hydrogens is 209 g/mol. The van der Waals surface area contributed by atoms with Crippen LogP contribution in [0.5, 0.6) is 0 Å². The molecule has 0 spiro atoms. The van der Waals surface area contributed by atoms with Crippen molar-refractivity contribution in [2.24, 2.45) is 0 Å². The molecule has 0 atom stereocenters. The summed E-state index contributed by atoms with van der Waals surface area (Å²) in [4.78, 5) is 11.1. The van der Waals surface area contributed by atoms with E-state index in [1.165, 1.54) is 6.07 Å². The van der Waals surface area contributed by atoms with Gasteiger partial charge < -0.3 is 10.4 Å². The topological polar surface area (TPSA) is 49.3 Å². The van der Waals surface area contributed by atoms with Crippen LogP contribution in [0.3, 0.4) is 0 Å². The standard InChI is InChI=1S/C12H14FNO2/c1-8-3-4-9(7-10(8)13)14-12(11(15)16)5-2-6-12/h3-4,7,14H,2,5-6H2,1H3,(H,15,16). The highest BCUT2D eigenvalue weighted by molar-refractivity contribution is 5.84. The zero-order chi connectivity index (χ0) is 11.8. The van der Waals surface area contributed by atoms with Gasteiger partial charge in [0.1, 0.15) is 11.4 Å². The molecule has 4 heteroatoms. The zero-order valence-electron chi connectivity index (χ0n) is 9.09. The van der Waals surface area contributed by atoms with E-state index in [1.807, 2.05) is 0 Å². The highest BCUT2D eigenvalue weighted by atomic mass is 19.1. The number of anilines is 1. The third-order valence-electron chi connectivity index (χ3n) is 3.17. The smallest absolute Gasteiger partial charge is 0.329 e. The minimum atomic E-state index is -0.887. The van der Waals surface area contributed by atoms with Crippen molar-refractivity contribution in [1.29, 1.82) is 0 Å². The maximum atomic E-state index is 13.3. The summed E-state index contributed by atoms with van der Waals surface area (Å²) in [5, 5.41) is 12.0. The molecule has 3 nitrogen and oxygen atoms in total. The molecule has 0 bridgehead atoms. The van der Waals surface area contributed by atoms with Gasteiger partial charge >= 0.3 is 5.97 Å². The fourth-order valence-electron chi connectivity index (χ4n) is 1.87. The van der Waals surface area contributed by atoms with E-state index in [-0.39, 0.29) is 5.82 Å². The van der Waals surface area contributed by atoms with E-state index in [1.54, 1.807) is 19.1 Å². The summed E-state index contributed by atoms with van der Waals surface area (Å²) in [5.74, 6) is -1.18. The van der Waals surface area contributed by atoms with Gasteiger partial charge in [-0.2, -0.15) is 0 Å². The Bertz CT molecular complexity index is 427. The molecule has 0 radical (unpaired) electrons. The number of carboxylic acid groups (broad SMARTS) is 1. The SMILES string of the molecule is Cc1ccc(NC2(C(=O)O)CCC2)cc1F. The van der Waals surface area contributed by atoms with Gasteiger partial charge in [0.2, 0.25) is 0 Å². The summed E-state index contributed by atoms with van der Waals surface area (Å²) in [6, 6.07) is 4.70. The first-order chi connectivity index (χ1) is 7.53. The second-order valence-corrected chi connectivity index (χ2v) is 4.33. The molecular formula is C12H14FNO2. The van der Waals surface area contributed by atoms with Crippen molar-refractivity contribution >= 4 is 11.7 Å². The lowest BCUT2D eigenvalue weighted by Crippen LogP contribution is -2.52. The van der Waals surface area contributed by atoms with Gasteiger partial charge in [0.25, 0.3) is 0 Å². The average molecular weight is 223 g/mol. The Balaban J connectivity index is 2.20. The number of carbonyl (C=O) groups is 1. The molecule has 0 aliphatic heterocycles. The monoisotopic (exact) mass is 223 g/mol. The highest BCUT2D eigenvalue weighted by Gasteiger charge is 2.44. The van der Waals surface area contributed by atoms with Crippen LogP contribution in [0, 0.1) is 12.7 Å². The summed E-state index contributed by atoms with van der Waals surface area (Å²) < 4.78 is 13.3. The molecule has 0 unspecified atom stereocenters. The van der Waals surface area contributed by atoms with Crippen LogP contribution in [0.2, 0.25) is 0 Å². The Morgan fingerprint density at radius 3 is 2.62 bits per heavy atom. The number of rotatable bonds is 3. The van der Waals surface area contributed by atoms with Gasteiger partial charge in [0, 0.05) is 5.69 Å². The quantitative estimate of drug-likeness (QED) is 0.827. The molecule has 16 heavy (non-hydrogen) atoms. The zero-order valence-corrected chi connectivity index (χ0v) is 9.09. The first-order valence-corrected chi connectivity index (χ1v) is 5.31. The summed E-state index contributed by atoms with van der Waals surface area (Å²) in [7, 11) is 0. The number of hydrogen-bond acceptors (Lipinski definition) is 2. The van der Waals surface area contributed by atoms with Crippen molar-refractivity contribution in [2.45, 2.75) is 31.7 Å². The number of benzene rings is 1. The van der Waals surface area contributed by atoms with Gasteiger partial charge in [-0.15, -0.1) is 0 Å². The first-order valence-electron chi connectivity index (χ1n) is 5.31. The number of aryl methyl sites for hydroxylation is 1. The predicted octanol–water partition coefficient (Wildman–Crippen LogP) is 2.55. The molecule has 1 fully saturated rings. The van der Waals surface area contributed by atoms with Crippen LogP contribution in [0.25, 0.3) is 0 Å². The van der Waals surface area contributed by atoms with Gasteiger partial charge in [-0.3, -0.25) is 0 Å². The molecule has 0 saturated heterocycles. The lowest BCUT2D eigenvalue weighted by Gasteiger charge is -2.39. The number of halogens is 1. The maximum Gasteiger partial charge on any atom is 0.329 e. The number of nitrogens with one attached hydrogen (secondary N) is 1. The van der Waals surface area contributed by atoms with Crippen LogP contribution >= 0.6 is 0 Å². The van der Waals surface area contributed by atoms with Gasteiger partial charge in [0.05, 0.1) is 0 Å². The number of hydrogen-bond donors (Lipinski definition) is 2. The Morgan fingerprint density at radius 1 is 1.50 bits per heavy atom. The highest BCUT2D eigenvalue weighted by Crippen LogP contribution is 2.35. The summed E-state index contributed by atoms with van der Waals surface area (Å²) in [6.45, 7) is 1.68. The van der Waals surface area contributed by atoms with E-state index in [2.05, 4.69) is 5.32 Å². The normalized spacial score (nSPS) is 17.6. The molecule has 0 amide bonds. The largest absolute Gasteiger partial charge is 0.480 e. The maximum absolute atomic E-state index is 13.3. The fraction of sp³-hybridized carbons (Fsp3) is 0.417. The lowest BCUT2D eigenvalue weighted by atomic mass is 9.76. The third-order valence-corrected chi connectivity index (χ3v) is 3.17. The Morgan fingerprint density at radius 2 is 2.19 bits per heavy atom. The molecule has 0 aromatic heterocycles. The van der Waals surface area contributed by atoms with E-state index in [0.717, 1.165) is 6.42 Å². The number of carboxylic acids is 1. The Hall–Kier alpha value is -1.58. The second kappa shape index (κ2) is 3.77. The van der Waals surface area contributed by atoms with E-state index >= 15 is 0 Å². The van der Waals surface area contributed by atoms with Crippen molar-refractivity contribution in [2.75, 3.05) is 5.32 Å². The fourth-order valence-corrected chi connectivity index (χ4v) is 1.87. The molecule has 0 heterocycles. The summed E-state index contributed by atoms with van der Waals surface area (Å²) in [6.07, 6.45) is 2.09. The van der Waals surface area contributed by atoms with Crippen LogP contribution in [-0.4, -0.2) is 16.6 Å². The van der Waals surface area contributed by atoms with E-state index in [4.69, 9.17) is 5.11 Å². The molecule has 1 aliphatic carbocycles. The van der Waals surface area contributed by atoms with E-state index in [0.29, 0.717) is 24.1 Å². The van der Waals surface area contributed by atoms with Crippen LogP contribution in [0.15, 0.2) is 18.2 Å². The molecule has 86 valence electrons. The van der Waals surface area contributed by atoms with Crippen molar-refractivity contribution < 1.29 is 14.3 Å². The number of aliphatic carboxylic acids is 1. The third kappa shape index (κ3) is 1.75. The lowest BCUT2D eigenvalue weighted by molar-refractivity contribution is -0.145. The van der Waals surface area contributed by atoms with Gasteiger partial charge in [-0.05, 0) is 43.9 Å². The minimum Gasteiger partial charge on any atom is -0.480 e. The Kier molecular flexibility index (Phi) is 2.58. The molecule has 1 aromatic carbocycles. The summed E-state index contributed by atoms with van der Waals surface area (Å²) in [5.41, 5.74) is 0.204. The molecule has 1 saturated carbocycles. The van der Waals surface area contributed by atoms with Gasteiger partial charge in [-0.1, -0.05) is 6.07 Å².